The first-order chi connectivity index (χ1) is 8.09. The minimum Gasteiger partial charge on any atom is -0.389 e. The van der Waals surface area contributed by atoms with Crippen LogP contribution in [0.1, 0.15) is 44.2 Å². The van der Waals surface area contributed by atoms with Crippen molar-refractivity contribution in [2.45, 2.75) is 44.2 Å². The zero-order chi connectivity index (χ0) is 12.3. The van der Waals surface area contributed by atoms with Gasteiger partial charge in [-0.2, -0.15) is 0 Å². The first-order valence-corrected chi connectivity index (χ1v) is 6.30. The fourth-order valence-corrected chi connectivity index (χ4v) is 2.45. The number of benzene rings is 1. The molecule has 0 aliphatic heterocycles. The van der Waals surface area contributed by atoms with Crippen LogP contribution in [-0.4, -0.2) is 17.3 Å². The lowest BCUT2D eigenvalue weighted by Crippen LogP contribution is -2.39. The van der Waals surface area contributed by atoms with Gasteiger partial charge in [0.2, 0.25) is 0 Å². The Hall–Kier alpha value is -0.930. The zero-order valence-corrected chi connectivity index (χ0v) is 10.2. The Balaban J connectivity index is 1.91. The molecule has 0 heterocycles. The molecule has 94 valence electrons. The summed E-state index contributed by atoms with van der Waals surface area (Å²) in [6, 6.07) is 6.67. The number of nitrogens with one attached hydrogen (secondary N) is 1. The van der Waals surface area contributed by atoms with Crippen molar-refractivity contribution >= 4 is 0 Å². The number of hydrogen-bond acceptors (Lipinski definition) is 2. The van der Waals surface area contributed by atoms with E-state index in [0.29, 0.717) is 6.54 Å². The molecule has 2 rings (SSSR count). The maximum Gasteiger partial charge on any atom is 0.123 e. The van der Waals surface area contributed by atoms with Crippen LogP contribution in [-0.2, 0) is 0 Å². The molecular weight excluding hydrogens is 217 g/mol. The summed E-state index contributed by atoms with van der Waals surface area (Å²) < 4.78 is 13.1. The third-order valence-corrected chi connectivity index (χ3v) is 3.62. The lowest BCUT2D eigenvalue weighted by atomic mass is 10.0. The summed E-state index contributed by atoms with van der Waals surface area (Å²) in [7, 11) is 0. The Bertz CT molecular complexity index is 374. The molecule has 3 heteroatoms. The van der Waals surface area contributed by atoms with Gasteiger partial charge >= 0.3 is 0 Å². The molecule has 1 aliphatic rings. The molecule has 0 bridgehead atoms. The van der Waals surface area contributed by atoms with Crippen molar-refractivity contribution in [1.82, 2.24) is 5.32 Å². The molecule has 0 unspecified atom stereocenters. The van der Waals surface area contributed by atoms with Gasteiger partial charge in [0, 0.05) is 12.6 Å². The van der Waals surface area contributed by atoms with Crippen LogP contribution in [0.2, 0.25) is 0 Å². The van der Waals surface area contributed by atoms with E-state index in [1.54, 1.807) is 6.07 Å². The summed E-state index contributed by atoms with van der Waals surface area (Å²) in [4.78, 5) is 0. The third kappa shape index (κ3) is 3.27. The molecule has 0 amide bonds. The largest absolute Gasteiger partial charge is 0.389 e. The van der Waals surface area contributed by atoms with Crippen LogP contribution >= 0.6 is 0 Å². The Morgan fingerprint density at radius 2 is 2.12 bits per heavy atom. The maximum atomic E-state index is 13.1. The van der Waals surface area contributed by atoms with Gasteiger partial charge in [0.05, 0.1) is 5.60 Å². The Morgan fingerprint density at radius 1 is 1.41 bits per heavy atom. The van der Waals surface area contributed by atoms with Crippen molar-refractivity contribution in [2.75, 3.05) is 6.54 Å². The Kier molecular flexibility index (Phi) is 3.79. The van der Waals surface area contributed by atoms with E-state index < -0.39 is 5.60 Å². The number of hydrogen-bond donors (Lipinski definition) is 2. The zero-order valence-electron chi connectivity index (χ0n) is 10.2. The normalized spacial score (nSPS) is 20.4. The van der Waals surface area contributed by atoms with Gasteiger partial charge in [0.15, 0.2) is 0 Å². The van der Waals surface area contributed by atoms with E-state index >= 15 is 0 Å². The minimum atomic E-state index is -0.554. The first kappa shape index (κ1) is 12.5. The standard InChI is InChI=1S/C14H20FNO/c1-11(12-5-4-6-13(15)9-12)16-10-14(17)7-2-3-8-14/h4-6,9,11,16-17H,2-3,7-8,10H2,1H3/t11-/m1/s1. The van der Waals surface area contributed by atoms with Gasteiger partial charge in [-0.15, -0.1) is 0 Å². The van der Waals surface area contributed by atoms with Crippen molar-refractivity contribution in [3.63, 3.8) is 0 Å². The van der Waals surface area contributed by atoms with E-state index in [1.165, 1.54) is 12.1 Å². The average Bonchev–Trinajstić information content (AvgIpc) is 2.74. The number of rotatable bonds is 4. The molecule has 2 N–H and O–H groups in total. The van der Waals surface area contributed by atoms with Gasteiger partial charge in [-0.3, -0.25) is 0 Å². The van der Waals surface area contributed by atoms with Crippen LogP contribution in [0, 0.1) is 5.82 Å². The molecule has 0 saturated heterocycles. The van der Waals surface area contributed by atoms with Crippen molar-refractivity contribution in [3.8, 4) is 0 Å². The van der Waals surface area contributed by atoms with Crippen LogP contribution in [0.4, 0.5) is 4.39 Å². The van der Waals surface area contributed by atoms with Gasteiger partial charge in [-0.1, -0.05) is 25.0 Å². The van der Waals surface area contributed by atoms with Gasteiger partial charge in [0.25, 0.3) is 0 Å². The monoisotopic (exact) mass is 237 g/mol. The highest BCUT2D eigenvalue weighted by atomic mass is 19.1. The van der Waals surface area contributed by atoms with Crippen LogP contribution in [0.15, 0.2) is 24.3 Å². The predicted molar refractivity (Wildman–Crippen MR) is 66.2 cm³/mol. The lowest BCUT2D eigenvalue weighted by molar-refractivity contribution is 0.0453. The Morgan fingerprint density at radius 3 is 2.76 bits per heavy atom. The van der Waals surface area contributed by atoms with Gasteiger partial charge in [0.1, 0.15) is 5.82 Å². The van der Waals surface area contributed by atoms with Crippen molar-refractivity contribution in [2.24, 2.45) is 0 Å². The second-order valence-electron chi connectivity index (χ2n) is 5.09. The van der Waals surface area contributed by atoms with Gasteiger partial charge in [-0.05, 0) is 37.5 Å². The van der Waals surface area contributed by atoms with E-state index in [0.717, 1.165) is 31.2 Å². The molecule has 1 fully saturated rings. The van der Waals surface area contributed by atoms with E-state index in [2.05, 4.69) is 5.32 Å². The highest BCUT2D eigenvalue weighted by Crippen LogP contribution is 2.29. The fraction of sp³-hybridized carbons (Fsp3) is 0.571. The highest BCUT2D eigenvalue weighted by molar-refractivity contribution is 5.19. The summed E-state index contributed by atoms with van der Waals surface area (Å²) in [5, 5.41) is 13.5. The van der Waals surface area contributed by atoms with E-state index in [-0.39, 0.29) is 11.9 Å². The van der Waals surface area contributed by atoms with E-state index in [1.807, 2.05) is 13.0 Å². The van der Waals surface area contributed by atoms with Crippen molar-refractivity contribution < 1.29 is 9.50 Å². The molecule has 1 aromatic carbocycles. The molecule has 1 aromatic rings. The Labute approximate surface area is 102 Å². The van der Waals surface area contributed by atoms with Crippen LogP contribution in [0.25, 0.3) is 0 Å². The van der Waals surface area contributed by atoms with Gasteiger partial charge < -0.3 is 10.4 Å². The minimum absolute atomic E-state index is 0.0651. The second-order valence-corrected chi connectivity index (χ2v) is 5.09. The smallest absolute Gasteiger partial charge is 0.123 e. The second kappa shape index (κ2) is 5.15. The summed E-state index contributed by atoms with van der Waals surface area (Å²) in [6.07, 6.45) is 3.95. The lowest BCUT2D eigenvalue weighted by Gasteiger charge is -2.25. The number of aliphatic hydroxyl groups is 1. The molecule has 17 heavy (non-hydrogen) atoms. The summed E-state index contributed by atoms with van der Waals surface area (Å²) in [5.41, 5.74) is 0.369. The summed E-state index contributed by atoms with van der Waals surface area (Å²) in [6.45, 7) is 2.58. The first-order valence-electron chi connectivity index (χ1n) is 6.30. The van der Waals surface area contributed by atoms with E-state index in [4.69, 9.17) is 0 Å². The fourth-order valence-electron chi connectivity index (χ4n) is 2.45. The molecule has 0 radical (unpaired) electrons. The SMILES string of the molecule is C[C@@H](NCC1(O)CCCC1)c1cccc(F)c1. The molecule has 2 nitrogen and oxygen atoms in total. The number of halogens is 1. The molecule has 1 aliphatic carbocycles. The molecule has 0 spiro atoms. The molecule has 1 saturated carbocycles. The third-order valence-electron chi connectivity index (χ3n) is 3.62. The quantitative estimate of drug-likeness (QED) is 0.844. The van der Waals surface area contributed by atoms with Gasteiger partial charge in [-0.25, -0.2) is 4.39 Å². The predicted octanol–water partition coefficient (Wildman–Crippen LogP) is 2.78. The highest BCUT2D eigenvalue weighted by Gasteiger charge is 2.30. The molecule has 0 aromatic heterocycles. The van der Waals surface area contributed by atoms with E-state index in [9.17, 15) is 9.50 Å². The van der Waals surface area contributed by atoms with Crippen LogP contribution in [0.3, 0.4) is 0 Å². The van der Waals surface area contributed by atoms with Crippen molar-refractivity contribution in [1.29, 1.82) is 0 Å². The van der Waals surface area contributed by atoms with Crippen molar-refractivity contribution in [3.05, 3.63) is 35.6 Å². The average molecular weight is 237 g/mol. The maximum absolute atomic E-state index is 13.1. The molecular formula is C14H20FNO. The van der Waals surface area contributed by atoms with Crippen LogP contribution in [0.5, 0.6) is 0 Å². The summed E-state index contributed by atoms with van der Waals surface area (Å²) in [5.74, 6) is -0.212. The topological polar surface area (TPSA) is 32.3 Å². The summed E-state index contributed by atoms with van der Waals surface area (Å²) >= 11 is 0. The molecule has 1 atom stereocenters. The van der Waals surface area contributed by atoms with Crippen LogP contribution < -0.4 is 5.32 Å².